The Hall–Kier alpha value is -2.93. The molecule has 0 aliphatic carbocycles. The van der Waals surface area contributed by atoms with Gasteiger partial charge in [-0.3, -0.25) is 14.4 Å². The van der Waals surface area contributed by atoms with Gasteiger partial charge in [0.1, 0.15) is 11.6 Å². The quantitative estimate of drug-likeness (QED) is 0.163. The lowest BCUT2D eigenvalue weighted by molar-refractivity contribution is -0.159. The van der Waals surface area contributed by atoms with E-state index in [4.69, 9.17) is 4.74 Å². The van der Waals surface area contributed by atoms with Crippen molar-refractivity contribution in [3.63, 3.8) is 0 Å². The molecule has 0 saturated carbocycles. The normalized spacial score (nSPS) is 15.3. The van der Waals surface area contributed by atoms with E-state index in [0.29, 0.717) is 56.4 Å². The number of ether oxygens (including phenoxy) is 1. The lowest BCUT2D eigenvalue weighted by atomic mass is 9.83. The highest BCUT2D eigenvalue weighted by Gasteiger charge is 2.45. The Morgan fingerprint density at radius 3 is 1.95 bits per heavy atom. The van der Waals surface area contributed by atoms with Gasteiger partial charge in [0.25, 0.3) is 0 Å². The van der Waals surface area contributed by atoms with Crippen molar-refractivity contribution in [2.45, 2.75) is 76.7 Å². The molecule has 0 bridgehead atoms. The average Bonchev–Trinajstić information content (AvgIpc) is 2.90. The number of piperidine rings is 1. The molecule has 0 aromatic heterocycles. The number of hydrogen-bond acceptors (Lipinski definition) is 5. The summed E-state index contributed by atoms with van der Waals surface area (Å²) in [6.45, 7) is 3.89. The molecule has 200 valence electrons. The maximum atomic E-state index is 13.5. The third kappa shape index (κ3) is 8.56. The van der Waals surface area contributed by atoms with Crippen LogP contribution in [-0.4, -0.2) is 47.7 Å². The van der Waals surface area contributed by atoms with E-state index < -0.39 is 11.4 Å². The van der Waals surface area contributed by atoms with E-state index in [0.717, 1.165) is 32.1 Å². The molecule has 7 heteroatoms. The zero-order chi connectivity index (χ0) is 26.7. The van der Waals surface area contributed by atoms with Crippen LogP contribution >= 0.6 is 0 Å². The van der Waals surface area contributed by atoms with Crippen LogP contribution in [0.5, 0.6) is 0 Å². The Bertz CT molecular complexity index is 1030. The molecule has 3 rings (SSSR count). The molecule has 0 spiro atoms. The zero-order valence-corrected chi connectivity index (χ0v) is 21.6. The molecule has 2 aromatic rings. The van der Waals surface area contributed by atoms with Crippen LogP contribution in [0.15, 0.2) is 48.5 Å². The molecule has 0 amide bonds. The maximum absolute atomic E-state index is 13.5. The molecule has 1 aliphatic rings. The number of esters is 1. The van der Waals surface area contributed by atoms with E-state index in [2.05, 4.69) is 11.8 Å². The monoisotopic (exact) mass is 513 g/mol. The van der Waals surface area contributed by atoms with Crippen LogP contribution in [0.3, 0.4) is 0 Å². The average molecular weight is 514 g/mol. The Balaban J connectivity index is 1.57. The summed E-state index contributed by atoms with van der Waals surface area (Å²) in [4.78, 5) is 40.7. The minimum atomic E-state index is -1.27. The largest absolute Gasteiger partial charge is 0.451 e. The Labute approximate surface area is 218 Å². The van der Waals surface area contributed by atoms with Crippen molar-refractivity contribution in [1.82, 2.24) is 4.90 Å². The topological polar surface area (TPSA) is 63.7 Å². The van der Waals surface area contributed by atoms with Gasteiger partial charge >= 0.3 is 5.97 Å². The van der Waals surface area contributed by atoms with Crippen LogP contribution in [-0.2, 0) is 9.53 Å². The summed E-state index contributed by atoms with van der Waals surface area (Å²) in [6.07, 6.45) is 6.94. The minimum Gasteiger partial charge on any atom is -0.451 e. The van der Waals surface area contributed by atoms with Gasteiger partial charge in [-0.05, 0) is 67.9 Å². The SMILES string of the molecule is CCCCCCCC(=O)OC1(C(=O)c2ccc(F)cc2)CCN(CCCC(=O)c2ccc(F)cc2)CC1. The van der Waals surface area contributed by atoms with Crippen LogP contribution in [0.2, 0.25) is 0 Å². The fourth-order valence-corrected chi connectivity index (χ4v) is 4.76. The van der Waals surface area contributed by atoms with Gasteiger partial charge in [0.05, 0.1) is 0 Å². The number of Topliss-reactive ketones (excluding diaryl/α,β-unsaturated/α-hetero) is 2. The summed E-state index contributed by atoms with van der Waals surface area (Å²) in [5.41, 5.74) is -0.445. The Kier molecular flexibility index (Phi) is 10.9. The summed E-state index contributed by atoms with van der Waals surface area (Å²) >= 11 is 0. The van der Waals surface area contributed by atoms with Gasteiger partial charge in [-0.25, -0.2) is 8.78 Å². The van der Waals surface area contributed by atoms with E-state index in [1.54, 1.807) is 0 Å². The lowest BCUT2D eigenvalue weighted by Gasteiger charge is -2.40. The van der Waals surface area contributed by atoms with Crippen molar-refractivity contribution in [1.29, 1.82) is 0 Å². The second-order valence-electron chi connectivity index (χ2n) is 9.84. The summed E-state index contributed by atoms with van der Waals surface area (Å²) in [6, 6.07) is 10.9. The maximum Gasteiger partial charge on any atom is 0.306 e. The molecule has 0 radical (unpaired) electrons. The number of benzene rings is 2. The highest BCUT2D eigenvalue weighted by Crippen LogP contribution is 2.32. The molecule has 1 fully saturated rings. The van der Waals surface area contributed by atoms with Gasteiger partial charge in [-0.1, -0.05) is 32.6 Å². The van der Waals surface area contributed by atoms with Gasteiger partial charge in [0.2, 0.25) is 5.78 Å². The molecule has 0 N–H and O–H groups in total. The molecule has 1 aliphatic heterocycles. The number of rotatable bonds is 14. The zero-order valence-electron chi connectivity index (χ0n) is 21.6. The van der Waals surface area contributed by atoms with Gasteiger partial charge < -0.3 is 9.64 Å². The van der Waals surface area contributed by atoms with Crippen LogP contribution in [0, 0.1) is 11.6 Å². The van der Waals surface area contributed by atoms with E-state index in [-0.39, 0.29) is 29.8 Å². The first-order chi connectivity index (χ1) is 17.8. The molecule has 1 heterocycles. The third-order valence-corrected chi connectivity index (χ3v) is 7.02. The predicted molar refractivity (Wildman–Crippen MR) is 139 cm³/mol. The molecule has 5 nitrogen and oxygen atoms in total. The molecule has 0 unspecified atom stereocenters. The Morgan fingerprint density at radius 1 is 0.784 bits per heavy atom. The number of nitrogens with zero attached hydrogens (tertiary/aromatic N) is 1. The van der Waals surface area contributed by atoms with Crippen molar-refractivity contribution < 1.29 is 27.9 Å². The minimum absolute atomic E-state index is 0.0364. The van der Waals surface area contributed by atoms with Gasteiger partial charge in [-0.15, -0.1) is 0 Å². The van der Waals surface area contributed by atoms with Crippen molar-refractivity contribution in [2.75, 3.05) is 19.6 Å². The smallest absolute Gasteiger partial charge is 0.306 e. The summed E-state index contributed by atoms with van der Waals surface area (Å²) in [7, 11) is 0. The van der Waals surface area contributed by atoms with Gasteiger partial charge in [0, 0.05) is 49.9 Å². The Morgan fingerprint density at radius 2 is 1.35 bits per heavy atom. The highest BCUT2D eigenvalue weighted by atomic mass is 19.1. The van der Waals surface area contributed by atoms with E-state index in [1.807, 2.05) is 0 Å². The first-order valence-electron chi connectivity index (χ1n) is 13.4. The van der Waals surface area contributed by atoms with Crippen molar-refractivity contribution in [2.24, 2.45) is 0 Å². The number of carbonyl (C=O) groups excluding carboxylic acids is 3. The first-order valence-corrected chi connectivity index (χ1v) is 13.4. The fourth-order valence-electron chi connectivity index (χ4n) is 4.76. The number of halogens is 2. The van der Waals surface area contributed by atoms with Crippen LogP contribution in [0.25, 0.3) is 0 Å². The number of likely N-dealkylation sites (tertiary alicyclic amines) is 1. The van der Waals surface area contributed by atoms with Crippen LogP contribution in [0.1, 0.15) is 91.8 Å². The standard InChI is InChI=1S/C30H37F2NO4/c1-2-3-4-5-6-9-28(35)37-30(29(36)24-12-16-26(32)17-13-24)18-21-33(22-19-30)20-7-8-27(34)23-10-14-25(31)15-11-23/h10-17H,2-9,18-22H2,1H3. The molecular formula is C30H37F2NO4. The summed E-state index contributed by atoms with van der Waals surface area (Å²) in [5.74, 6) is -1.51. The molecular weight excluding hydrogens is 476 g/mol. The first kappa shape index (κ1) is 28.6. The molecule has 1 saturated heterocycles. The number of unbranched alkanes of at least 4 members (excludes halogenated alkanes) is 4. The third-order valence-electron chi connectivity index (χ3n) is 7.02. The second-order valence-corrected chi connectivity index (χ2v) is 9.84. The molecule has 2 aromatic carbocycles. The second kappa shape index (κ2) is 14.1. The van der Waals surface area contributed by atoms with E-state index in [9.17, 15) is 23.2 Å². The fraction of sp³-hybridized carbons (Fsp3) is 0.500. The van der Waals surface area contributed by atoms with Crippen LogP contribution < -0.4 is 0 Å². The van der Waals surface area contributed by atoms with Crippen molar-refractivity contribution >= 4 is 17.5 Å². The number of ketones is 2. The number of carbonyl (C=O) groups is 3. The molecule has 0 atom stereocenters. The summed E-state index contributed by atoms with van der Waals surface area (Å²) < 4.78 is 32.4. The molecule has 37 heavy (non-hydrogen) atoms. The predicted octanol–water partition coefficient (Wildman–Crippen LogP) is 6.55. The van der Waals surface area contributed by atoms with E-state index >= 15 is 0 Å². The van der Waals surface area contributed by atoms with Crippen molar-refractivity contribution in [3.8, 4) is 0 Å². The van der Waals surface area contributed by atoms with Gasteiger partial charge in [0.15, 0.2) is 11.4 Å². The summed E-state index contributed by atoms with van der Waals surface area (Å²) in [5, 5.41) is 0. The lowest BCUT2D eigenvalue weighted by Crippen LogP contribution is -2.52. The van der Waals surface area contributed by atoms with E-state index in [1.165, 1.54) is 48.5 Å². The van der Waals surface area contributed by atoms with Crippen molar-refractivity contribution in [3.05, 3.63) is 71.3 Å². The van der Waals surface area contributed by atoms with Gasteiger partial charge in [-0.2, -0.15) is 0 Å². The highest BCUT2D eigenvalue weighted by molar-refractivity contribution is 6.03. The number of hydrogen-bond donors (Lipinski definition) is 0. The van der Waals surface area contributed by atoms with Crippen LogP contribution in [0.4, 0.5) is 8.78 Å².